The minimum Gasteiger partial charge on any atom is -0.495 e. The van der Waals surface area contributed by atoms with E-state index >= 15 is 0 Å². The van der Waals surface area contributed by atoms with E-state index in [-0.39, 0.29) is 5.97 Å². The van der Waals surface area contributed by atoms with E-state index in [0.29, 0.717) is 5.75 Å². The first kappa shape index (κ1) is 15.2. The van der Waals surface area contributed by atoms with Crippen LogP contribution in [0.1, 0.15) is 13.8 Å². The molecule has 2 aromatic rings. The Morgan fingerprint density at radius 3 is 2.75 bits per heavy atom. The first-order valence-electron chi connectivity index (χ1n) is 5.87. The van der Waals surface area contributed by atoms with E-state index in [2.05, 4.69) is 20.9 Å². The zero-order chi connectivity index (χ0) is 14.9. The molecular formula is C13H15BrN2O3S. The van der Waals surface area contributed by atoms with Gasteiger partial charge in [-0.2, -0.15) is 0 Å². The molecule has 0 aromatic carbocycles. The fraction of sp³-hybridized carbons (Fsp3) is 0.385. The van der Waals surface area contributed by atoms with Crippen molar-refractivity contribution in [1.29, 1.82) is 0 Å². The fourth-order valence-corrected chi connectivity index (χ4v) is 3.26. The number of imidazole rings is 1. The number of nitrogens with zero attached hydrogens (tertiary/aromatic N) is 2. The fourth-order valence-electron chi connectivity index (χ4n) is 1.76. The number of rotatable bonds is 4. The molecule has 108 valence electrons. The number of thioether (sulfide) groups is 1. The van der Waals surface area contributed by atoms with Crippen molar-refractivity contribution >= 4 is 39.3 Å². The van der Waals surface area contributed by atoms with Crippen molar-refractivity contribution < 1.29 is 14.3 Å². The lowest BCUT2D eigenvalue weighted by Crippen LogP contribution is -2.29. The van der Waals surface area contributed by atoms with Crippen molar-refractivity contribution in [2.45, 2.75) is 23.5 Å². The maximum atomic E-state index is 11.8. The topological polar surface area (TPSA) is 52.8 Å². The predicted octanol–water partition coefficient (Wildman–Crippen LogP) is 3.15. The lowest BCUT2D eigenvalue weighted by atomic mass is 10.2. The average molecular weight is 359 g/mol. The molecule has 2 rings (SSSR count). The van der Waals surface area contributed by atoms with E-state index in [0.717, 1.165) is 15.1 Å². The van der Waals surface area contributed by atoms with Crippen LogP contribution < -0.4 is 4.74 Å². The Balaban J connectivity index is 2.47. The van der Waals surface area contributed by atoms with Gasteiger partial charge in [0.25, 0.3) is 0 Å². The number of carbonyl (C=O) groups is 1. The molecule has 0 aliphatic carbocycles. The molecular weight excluding hydrogens is 344 g/mol. The number of carbonyl (C=O) groups excluding carboxylic acids is 1. The van der Waals surface area contributed by atoms with Crippen LogP contribution in [-0.4, -0.2) is 34.3 Å². The van der Waals surface area contributed by atoms with E-state index in [1.54, 1.807) is 13.3 Å². The second kappa shape index (κ2) is 5.65. The van der Waals surface area contributed by atoms with Crippen LogP contribution in [0, 0.1) is 0 Å². The predicted molar refractivity (Wildman–Crippen MR) is 81.4 cm³/mol. The molecule has 0 spiro atoms. The molecule has 20 heavy (non-hydrogen) atoms. The van der Waals surface area contributed by atoms with Crippen LogP contribution in [-0.2, 0) is 9.53 Å². The highest BCUT2D eigenvalue weighted by molar-refractivity contribution is 9.10. The molecule has 0 unspecified atom stereocenters. The maximum absolute atomic E-state index is 11.8. The molecule has 0 aliphatic rings. The third kappa shape index (κ3) is 2.78. The SMILES string of the molecule is COC(=O)C(C)(C)Sc1cn2c(Br)cnc2cc1OC. The Bertz CT molecular complexity index is 654. The van der Waals surface area contributed by atoms with Gasteiger partial charge in [0.15, 0.2) is 0 Å². The van der Waals surface area contributed by atoms with Crippen LogP contribution in [0.5, 0.6) is 5.75 Å². The van der Waals surface area contributed by atoms with Gasteiger partial charge >= 0.3 is 5.97 Å². The number of halogens is 1. The van der Waals surface area contributed by atoms with Gasteiger partial charge in [0.05, 0.1) is 25.3 Å². The van der Waals surface area contributed by atoms with Gasteiger partial charge in [-0.05, 0) is 29.8 Å². The highest BCUT2D eigenvalue weighted by Crippen LogP contribution is 2.39. The van der Waals surface area contributed by atoms with Gasteiger partial charge < -0.3 is 9.47 Å². The molecule has 0 saturated carbocycles. The molecule has 0 aliphatic heterocycles. The summed E-state index contributed by atoms with van der Waals surface area (Å²) in [6.07, 6.45) is 3.61. The summed E-state index contributed by atoms with van der Waals surface area (Å²) in [5, 5.41) is 0. The molecule has 0 saturated heterocycles. The Hall–Kier alpha value is -1.21. The molecule has 0 fully saturated rings. The highest BCUT2D eigenvalue weighted by atomic mass is 79.9. The van der Waals surface area contributed by atoms with Crippen molar-refractivity contribution in [3.8, 4) is 5.75 Å². The standard InChI is InChI=1S/C13H15BrN2O3S/c1-13(2,12(17)19-4)20-9-7-16-10(14)6-15-11(16)5-8(9)18-3/h5-7H,1-4H3. The quantitative estimate of drug-likeness (QED) is 0.620. The molecule has 0 atom stereocenters. The summed E-state index contributed by atoms with van der Waals surface area (Å²) in [5.74, 6) is 0.395. The Morgan fingerprint density at radius 1 is 1.45 bits per heavy atom. The molecule has 7 heteroatoms. The minimum absolute atomic E-state index is 0.283. The van der Waals surface area contributed by atoms with Crippen molar-refractivity contribution in [3.05, 3.63) is 23.1 Å². The van der Waals surface area contributed by atoms with Crippen molar-refractivity contribution in [2.24, 2.45) is 0 Å². The number of methoxy groups -OCH3 is 2. The van der Waals surface area contributed by atoms with E-state index in [1.165, 1.54) is 18.9 Å². The maximum Gasteiger partial charge on any atom is 0.321 e. The lowest BCUT2D eigenvalue weighted by molar-refractivity contribution is -0.142. The minimum atomic E-state index is -0.706. The molecule has 2 heterocycles. The van der Waals surface area contributed by atoms with Crippen LogP contribution in [0.4, 0.5) is 0 Å². The summed E-state index contributed by atoms with van der Waals surface area (Å²) in [4.78, 5) is 16.9. The third-order valence-electron chi connectivity index (χ3n) is 2.79. The number of pyridine rings is 1. The second-order valence-corrected chi connectivity index (χ2v) is 7.10. The van der Waals surface area contributed by atoms with E-state index < -0.39 is 4.75 Å². The third-order valence-corrected chi connectivity index (χ3v) is 4.58. The van der Waals surface area contributed by atoms with Crippen LogP contribution in [0.25, 0.3) is 5.65 Å². The van der Waals surface area contributed by atoms with Gasteiger partial charge in [-0.25, -0.2) is 4.98 Å². The largest absolute Gasteiger partial charge is 0.495 e. The summed E-state index contributed by atoms with van der Waals surface area (Å²) in [7, 11) is 2.98. The highest BCUT2D eigenvalue weighted by Gasteiger charge is 2.31. The van der Waals surface area contributed by atoms with Crippen LogP contribution in [0.2, 0.25) is 0 Å². The van der Waals surface area contributed by atoms with E-state index in [9.17, 15) is 4.79 Å². The molecule has 2 aromatic heterocycles. The Morgan fingerprint density at radius 2 is 2.15 bits per heavy atom. The van der Waals surface area contributed by atoms with Gasteiger partial charge in [0.1, 0.15) is 20.7 Å². The first-order chi connectivity index (χ1) is 9.39. The van der Waals surface area contributed by atoms with E-state index in [4.69, 9.17) is 9.47 Å². The summed E-state index contributed by atoms with van der Waals surface area (Å²) in [6.45, 7) is 3.63. The van der Waals surface area contributed by atoms with Crippen LogP contribution in [0.15, 0.2) is 28.0 Å². The normalized spacial score (nSPS) is 11.7. The lowest BCUT2D eigenvalue weighted by Gasteiger charge is -2.22. The van der Waals surface area contributed by atoms with Gasteiger partial charge in [-0.1, -0.05) is 0 Å². The second-order valence-electron chi connectivity index (χ2n) is 4.62. The molecule has 0 radical (unpaired) electrons. The molecule has 0 bridgehead atoms. The van der Waals surface area contributed by atoms with Crippen LogP contribution >= 0.6 is 27.7 Å². The molecule has 0 N–H and O–H groups in total. The number of esters is 1. The number of fused-ring (bicyclic) bond motifs is 1. The molecule has 0 amide bonds. The van der Waals surface area contributed by atoms with Crippen molar-refractivity contribution in [2.75, 3.05) is 14.2 Å². The van der Waals surface area contributed by atoms with Crippen LogP contribution in [0.3, 0.4) is 0 Å². The summed E-state index contributed by atoms with van der Waals surface area (Å²) in [6, 6.07) is 1.83. The van der Waals surface area contributed by atoms with Gasteiger partial charge in [-0.15, -0.1) is 11.8 Å². The number of aromatic nitrogens is 2. The van der Waals surface area contributed by atoms with Crippen molar-refractivity contribution in [1.82, 2.24) is 9.38 Å². The van der Waals surface area contributed by atoms with Gasteiger partial charge in [0.2, 0.25) is 0 Å². The average Bonchev–Trinajstić information content (AvgIpc) is 2.77. The summed E-state index contributed by atoms with van der Waals surface area (Å²) in [5.41, 5.74) is 0.772. The number of hydrogen-bond acceptors (Lipinski definition) is 5. The van der Waals surface area contributed by atoms with Gasteiger partial charge in [-0.3, -0.25) is 9.20 Å². The first-order valence-corrected chi connectivity index (χ1v) is 7.48. The monoisotopic (exact) mass is 358 g/mol. The molecule has 5 nitrogen and oxygen atoms in total. The van der Waals surface area contributed by atoms with Gasteiger partial charge in [0, 0.05) is 12.3 Å². The Kier molecular flexibility index (Phi) is 4.29. The zero-order valence-corrected chi connectivity index (χ0v) is 14.0. The Labute approximate surface area is 129 Å². The summed E-state index contributed by atoms with van der Waals surface area (Å²) >= 11 is 4.82. The smallest absolute Gasteiger partial charge is 0.321 e. The van der Waals surface area contributed by atoms with Crippen molar-refractivity contribution in [3.63, 3.8) is 0 Å². The van der Waals surface area contributed by atoms with E-state index in [1.807, 2.05) is 30.5 Å². The number of ether oxygens (including phenoxy) is 2. The zero-order valence-electron chi connectivity index (χ0n) is 11.6. The number of hydrogen-bond donors (Lipinski definition) is 0. The summed E-state index contributed by atoms with van der Waals surface area (Å²) < 4.78 is 12.2.